The van der Waals surface area contributed by atoms with Crippen LogP contribution in [0, 0.1) is 5.92 Å². The molecule has 0 saturated carbocycles. The van der Waals surface area contributed by atoms with E-state index in [2.05, 4.69) is 0 Å². The summed E-state index contributed by atoms with van der Waals surface area (Å²) in [6.45, 7) is 6.49. The van der Waals surface area contributed by atoms with Crippen LogP contribution in [0.4, 0.5) is 0 Å². The van der Waals surface area contributed by atoms with E-state index >= 15 is 0 Å². The van der Waals surface area contributed by atoms with E-state index in [4.69, 9.17) is 4.74 Å². The van der Waals surface area contributed by atoms with Gasteiger partial charge in [0.05, 0.1) is 22.6 Å². The SMILES string of the molecule is CCOc1ccc(S(=O)(=O)N2CCN(C(=O)C(C(C)C)N3C(=O)c4ccccc4C3=O)CC2)cc1. The fraction of sp³-hybridized carbons (Fsp3) is 0.400. The van der Waals surface area contributed by atoms with Crippen molar-refractivity contribution in [1.82, 2.24) is 14.1 Å². The number of hydrogen-bond donors (Lipinski definition) is 0. The van der Waals surface area contributed by atoms with E-state index in [9.17, 15) is 22.8 Å². The van der Waals surface area contributed by atoms with E-state index in [1.54, 1.807) is 55.1 Å². The maximum atomic E-state index is 13.5. The third-order valence-corrected chi connectivity index (χ3v) is 8.22. The summed E-state index contributed by atoms with van der Waals surface area (Å²) in [6.07, 6.45) is 0. The topological polar surface area (TPSA) is 104 Å². The van der Waals surface area contributed by atoms with Gasteiger partial charge in [-0.05, 0) is 49.2 Å². The highest BCUT2D eigenvalue weighted by atomic mass is 32.2. The van der Waals surface area contributed by atoms with Crippen LogP contribution in [0.2, 0.25) is 0 Å². The minimum atomic E-state index is -3.73. The van der Waals surface area contributed by atoms with Crippen molar-refractivity contribution in [2.75, 3.05) is 32.8 Å². The van der Waals surface area contributed by atoms with Gasteiger partial charge in [0, 0.05) is 26.2 Å². The van der Waals surface area contributed by atoms with Crippen molar-refractivity contribution in [2.45, 2.75) is 31.7 Å². The zero-order valence-corrected chi connectivity index (χ0v) is 20.8. The first-order chi connectivity index (χ1) is 16.7. The molecule has 10 heteroatoms. The largest absolute Gasteiger partial charge is 0.494 e. The third kappa shape index (κ3) is 4.55. The molecule has 2 aliphatic rings. The van der Waals surface area contributed by atoms with Crippen LogP contribution < -0.4 is 4.74 Å². The van der Waals surface area contributed by atoms with Gasteiger partial charge in [-0.2, -0.15) is 4.31 Å². The van der Waals surface area contributed by atoms with Gasteiger partial charge < -0.3 is 9.64 Å². The highest BCUT2D eigenvalue weighted by Crippen LogP contribution is 2.29. The summed E-state index contributed by atoms with van der Waals surface area (Å²) in [6, 6.07) is 11.8. The van der Waals surface area contributed by atoms with Gasteiger partial charge in [0.2, 0.25) is 15.9 Å². The number of carbonyl (C=O) groups is 3. The number of fused-ring (bicyclic) bond motifs is 1. The molecule has 3 amide bonds. The monoisotopic (exact) mass is 499 g/mol. The molecular formula is C25H29N3O6S. The predicted molar refractivity (Wildman–Crippen MR) is 129 cm³/mol. The van der Waals surface area contributed by atoms with E-state index in [0.29, 0.717) is 23.5 Å². The summed E-state index contributed by atoms with van der Waals surface area (Å²) in [7, 11) is -3.73. The molecule has 1 saturated heterocycles. The zero-order valence-electron chi connectivity index (χ0n) is 20.0. The summed E-state index contributed by atoms with van der Waals surface area (Å²) in [5.41, 5.74) is 0.587. The minimum Gasteiger partial charge on any atom is -0.494 e. The van der Waals surface area contributed by atoms with Crippen LogP contribution in [0.15, 0.2) is 53.4 Å². The summed E-state index contributed by atoms with van der Waals surface area (Å²) in [5.74, 6) is -1.03. The van der Waals surface area contributed by atoms with Crippen LogP contribution in [0.25, 0.3) is 0 Å². The minimum absolute atomic E-state index is 0.119. The van der Waals surface area contributed by atoms with E-state index in [1.807, 2.05) is 6.92 Å². The second kappa shape index (κ2) is 9.79. The Morgan fingerprint density at radius 1 is 0.914 bits per heavy atom. The molecule has 1 fully saturated rings. The van der Waals surface area contributed by atoms with E-state index in [-0.39, 0.29) is 42.9 Å². The molecule has 1 unspecified atom stereocenters. The maximum Gasteiger partial charge on any atom is 0.262 e. The number of sulfonamides is 1. The molecular weight excluding hydrogens is 470 g/mol. The van der Waals surface area contributed by atoms with Crippen molar-refractivity contribution < 1.29 is 27.5 Å². The number of nitrogens with zero attached hydrogens (tertiary/aromatic N) is 3. The lowest BCUT2D eigenvalue weighted by atomic mass is 10.0. The predicted octanol–water partition coefficient (Wildman–Crippen LogP) is 2.24. The van der Waals surface area contributed by atoms with Gasteiger partial charge in [-0.1, -0.05) is 26.0 Å². The molecule has 1 atom stereocenters. The number of benzene rings is 2. The van der Waals surface area contributed by atoms with Crippen molar-refractivity contribution in [1.29, 1.82) is 0 Å². The molecule has 0 radical (unpaired) electrons. The fourth-order valence-electron chi connectivity index (χ4n) is 4.51. The van der Waals surface area contributed by atoms with Gasteiger partial charge in [-0.25, -0.2) is 8.42 Å². The number of piperazine rings is 1. The standard InChI is InChI=1S/C25H29N3O6S/c1-4-34-18-9-11-19(12-10-18)35(32,33)27-15-13-26(14-16-27)25(31)22(17(2)3)28-23(29)20-7-5-6-8-21(20)24(28)30/h5-12,17,22H,4,13-16H2,1-3H3. The molecule has 0 bridgehead atoms. The molecule has 0 aliphatic carbocycles. The Balaban J connectivity index is 1.47. The average molecular weight is 500 g/mol. The van der Waals surface area contributed by atoms with Gasteiger partial charge in [0.25, 0.3) is 11.8 Å². The number of hydrogen-bond acceptors (Lipinski definition) is 6. The first-order valence-electron chi connectivity index (χ1n) is 11.7. The first-order valence-corrected chi connectivity index (χ1v) is 13.1. The van der Waals surface area contributed by atoms with Crippen molar-refractivity contribution in [3.05, 3.63) is 59.7 Å². The molecule has 2 aliphatic heterocycles. The summed E-state index contributed by atoms with van der Waals surface area (Å²) >= 11 is 0. The lowest BCUT2D eigenvalue weighted by Gasteiger charge is -2.38. The highest BCUT2D eigenvalue weighted by molar-refractivity contribution is 7.89. The fourth-order valence-corrected chi connectivity index (χ4v) is 5.94. The molecule has 4 rings (SSSR count). The van der Waals surface area contributed by atoms with E-state index in [0.717, 1.165) is 4.90 Å². The van der Waals surface area contributed by atoms with Gasteiger partial charge in [0.1, 0.15) is 11.8 Å². The zero-order chi connectivity index (χ0) is 25.3. The molecule has 2 heterocycles. The third-order valence-electron chi connectivity index (χ3n) is 6.31. The number of ether oxygens (including phenoxy) is 1. The number of rotatable bonds is 7. The van der Waals surface area contributed by atoms with Crippen LogP contribution >= 0.6 is 0 Å². The Bertz CT molecular complexity index is 1200. The number of amides is 3. The number of carbonyl (C=O) groups excluding carboxylic acids is 3. The van der Waals surface area contributed by atoms with Crippen LogP contribution in [0.3, 0.4) is 0 Å². The molecule has 2 aromatic rings. The molecule has 0 spiro atoms. The Morgan fingerprint density at radius 3 is 1.94 bits per heavy atom. The molecule has 9 nitrogen and oxygen atoms in total. The van der Waals surface area contributed by atoms with Gasteiger partial charge >= 0.3 is 0 Å². The summed E-state index contributed by atoms with van der Waals surface area (Å²) in [5, 5.41) is 0. The lowest BCUT2D eigenvalue weighted by molar-refractivity contribution is -0.138. The van der Waals surface area contributed by atoms with Crippen LogP contribution in [-0.2, 0) is 14.8 Å². The van der Waals surface area contributed by atoms with Crippen molar-refractivity contribution >= 4 is 27.7 Å². The second-order valence-corrected chi connectivity index (χ2v) is 10.8. The van der Waals surface area contributed by atoms with Crippen LogP contribution in [0.1, 0.15) is 41.5 Å². The Morgan fingerprint density at radius 2 is 1.46 bits per heavy atom. The van der Waals surface area contributed by atoms with Crippen LogP contribution in [0.5, 0.6) is 5.75 Å². The quantitative estimate of drug-likeness (QED) is 0.541. The van der Waals surface area contributed by atoms with Gasteiger partial charge in [0.15, 0.2) is 0 Å². The molecule has 0 N–H and O–H groups in total. The van der Waals surface area contributed by atoms with Crippen molar-refractivity contribution in [3.8, 4) is 5.75 Å². The Labute approximate surface area is 205 Å². The van der Waals surface area contributed by atoms with Gasteiger partial charge in [-0.3, -0.25) is 19.3 Å². The maximum absolute atomic E-state index is 13.5. The Kier molecular flexibility index (Phi) is 6.95. The van der Waals surface area contributed by atoms with E-state index < -0.39 is 27.9 Å². The normalized spacial score (nSPS) is 17.6. The van der Waals surface area contributed by atoms with Crippen molar-refractivity contribution in [2.24, 2.45) is 5.92 Å². The first kappa shape index (κ1) is 24.9. The average Bonchev–Trinajstić information content (AvgIpc) is 3.10. The molecule has 186 valence electrons. The molecule has 2 aromatic carbocycles. The number of imide groups is 1. The summed E-state index contributed by atoms with van der Waals surface area (Å²) in [4.78, 5) is 42.2. The Hall–Kier alpha value is -3.24. The summed E-state index contributed by atoms with van der Waals surface area (Å²) < 4.78 is 32.9. The molecule has 35 heavy (non-hydrogen) atoms. The van der Waals surface area contributed by atoms with E-state index in [1.165, 1.54) is 16.4 Å². The second-order valence-electron chi connectivity index (χ2n) is 8.85. The van der Waals surface area contributed by atoms with Crippen molar-refractivity contribution in [3.63, 3.8) is 0 Å². The lowest BCUT2D eigenvalue weighted by Crippen LogP contribution is -2.58. The van der Waals surface area contributed by atoms with Gasteiger partial charge in [-0.15, -0.1) is 0 Å². The smallest absolute Gasteiger partial charge is 0.262 e. The highest BCUT2D eigenvalue weighted by Gasteiger charge is 2.45. The van der Waals surface area contributed by atoms with Crippen LogP contribution in [-0.4, -0.2) is 79.1 Å². The molecule has 0 aromatic heterocycles.